The highest BCUT2D eigenvalue weighted by Crippen LogP contribution is 2.35. The van der Waals surface area contributed by atoms with E-state index in [1.807, 2.05) is 11.3 Å². The Morgan fingerprint density at radius 2 is 1.70 bits per heavy atom. The van der Waals surface area contributed by atoms with Crippen molar-refractivity contribution in [2.45, 2.75) is 51.3 Å². The minimum absolute atomic E-state index is 0.0286. The topological polar surface area (TPSA) is 0 Å². The van der Waals surface area contributed by atoms with Gasteiger partial charge in [-0.25, -0.2) is 0 Å². The van der Waals surface area contributed by atoms with E-state index in [1.165, 1.54) is 20.9 Å². The summed E-state index contributed by atoms with van der Waals surface area (Å²) in [6.07, 6.45) is 2.22. The van der Waals surface area contributed by atoms with Gasteiger partial charge >= 0.3 is 0 Å². The number of hydrogen-bond acceptors (Lipinski definition) is 1. The first-order chi connectivity index (χ1) is 9.47. The summed E-state index contributed by atoms with van der Waals surface area (Å²) in [5, 5.41) is -0.0286. The minimum atomic E-state index is -0.0286. The highest BCUT2D eigenvalue weighted by molar-refractivity contribution is 7.12. The Labute approximate surface area is 131 Å². The molecule has 0 spiro atoms. The van der Waals surface area contributed by atoms with Gasteiger partial charge in [0.2, 0.25) is 0 Å². The van der Waals surface area contributed by atoms with E-state index in [0.717, 1.165) is 12.8 Å². The summed E-state index contributed by atoms with van der Waals surface area (Å²) < 4.78 is 0. The van der Waals surface area contributed by atoms with E-state index in [2.05, 4.69) is 64.1 Å². The summed E-state index contributed by atoms with van der Waals surface area (Å²) in [4.78, 5) is 2.64. The van der Waals surface area contributed by atoms with E-state index in [0.29, 0.717) is 0 Å². The number of hydrogen-bond donors (Lipinski definition) is 0. The van der Waals surface area contributed by atoms with E-state index in [9.17, 15) is 0 Å². The number of alkyl halides is 1. The molecule has 1 unspecified atom stereocenters. The van der Waals surface area contributed by atoms with Crippen molar-refractivity contribution in [2.24, 2.45) is 0 Å². The standard InChI is InChI=1S/C18H23ClS/c1-5-15-11-12-16(20-15)17(19)13-7-9-14(10-8-13)18(3,4)6-2/h7-12,17H,5-6H2,1-4H3. The van der Waals surface area contributed by atoms with Gasteiger partial charge in [0, 0.05) is 9.75 Å². The molecule has 20 heavy (non-hydrogen) atoms. The van der Waals surface area contributed by atoms with Crippen LogP contribution in [-0.4, -0.2) is 0 Å². The molecule has 1 aromatic carbocycles. The van der Waals surface area contributed by atoms with Crippen molar-refractivity contribution in [1.82, 2.24) is 0 Å². The molecule has 2 aromatic rings. The van der Waals surface area contributed by atoms with Crippen molar-refractivity contribution in [3.8, 4) is 0 Å². The first kappa shape index (κ1) is 15.6. The molecule has 2 heteroatoms. The third-order valence-corrected chi connectivity index (χ3v) is 6.06. The van der Waals surface area contributed by atoms with Crippen molar-refractivity contribution in [3.63, 3.8) is 0 Å². The van der Waals surface area contributed by atoms with E-state index in [4.69, 9.17) is 11.6 Å². The highest BCUT2D eigenvalue weighted by Gasteiger charge is 2.19. The quantitative estimate of drug-likeness (QED) is 0.566. The summed E-state index contributed by atoms with van der Waals surface area (Å²) in [5.41, 5.74) is 2.80. The zero-order valence-electron chi connectivity index (χ0n) is 12.7. The predicted molar refractivity (Wildman–Crippen MR) is 91.2 cm³/mol. The lowest BCUT2D eigenvalue weighted by Gasteiger charge is -2.23. The summed E-state index contributed by atoms with van der Waals surface area (Å²) in [5.74, 6) is 0. The molecule has 1 atom stereocenters. The Hall–Kier alpha value is -0.790. The fourth-order valence-electron chi connectivity index (χ4n) is 2.19. The lowest BCUT2D eigenvalue weighted by atomic mass is 9.82. The Kier molecular flexibility index (Phi) is 4.93. The Morgan fingerprint density at radius 1 is 1.05 bits per heavy atom. The van der Waals surface area contributed by atoms with E-state index < -0.39 is 0 Å². The fraction of sp³-hybridized carbons (Fsp3) is 0.444. The van der Waals surface area contributed by atoms with Gasteiger partial charge in [0.25, 0.3) is 0 Å². The first-order valence-electron chi connectivity index (χ1n) is 7.31. The average Bonchev–Trinajstić information content (AvgIpc) is 2.95. The van der Waals surface area contributed by atoms with Crippen LogP contribution in [-0.2, 0) is 11.8 Å². The molecule has 0 nitrogen and oxygen atoms in total. The van der Waals surface area contributed by atoms with Gasteiger partial charge in [-0.05, 0) is 41.5 Å². The molecular weight excluding hydrogens is 284 g/mol. The number of benzene rings is 1. The van der Waals surface area contributed by atoms with Crippen LogP contribution >= 0.6 is 22.9 Å². The van der Waals surface area contributed by atoms with Crippen molar-refractivity contribution in [2.75, 3.05) is 0 Å². The van der Waals surface area contributed by atoms with Gasteiger partial charge in [0.1, 0.15) is 0 Å². The van der Waals surface area contributed by atoms with Crippen LogP contribution in [0.1, 0.15) is 60.4 Å². The second-order valence-corrected chi connectivity index (χ2v) is 7.52. The molecule has 2 rings (SSSR count). The number of rotatable bonds is 5. The predicted octanol–water partition coefficient (Wildman–Crippen LogP) is 6.33. The van der Waals surface area contributed by atoms with Crippen LogP contribution in [0.4, 0.5) is 0 Å². The minimum Gasteiger partial charge on any atom is -0.143 e. The molecule has 0 aliphatic heterocycles. The second-order valence-electron chi connectivity index (χ2n) is 5.88. The summed E-state index contributed by atoms with van der Waals surface area (Å²) in [6, 6.07) is 13.1. The lowest BCUT2D eigenvalue weighted by Crippen LogP contribution is -2.15. The van der Waals surface area contributed by atoms with Crippen LogP contribution in [0.5, 0.6) is 0 Å². The van der Waals surface area contributed by atoms with Gasteiger partial charge in [0.05, 0.1) is 5.38 Å². The molecule has 1 heterocycles. The molecular formula is C18H23ClS. The molecule has 0 bridgehead atoms. The van der Waals surface area contributed by atoms with Gasteiger partial charge in [-0.1, -0.05) is 52.0 Å². The number of thiophene rings is 1. The molecule has 0 aliphatic carbocycles. The Morgan fingerprint density at radius 3 is 2.20 bits per heavy atom. The number of aryl methyl sites for hydroxylation is 1. The largest absolute Gasteiger partial charge is 0.143 e. The van der Waals surface area contributed by atoms with Crippen molar-refractivity contribution >= 4 is 22.9 Å². The normalized spacial score (nSPS) is 13.4. The molecule has 0 N–H and O–H groups in total. The fourth-order valence-corrected chi connectivity index (χ4v) is 3.50. The molecule has 0 aliphatic rings. The van der Waals surface area contributed by atoms with Gasteiger partial charge in [-0.2, -0.15) is 0 Å². The van der Waals surface area contributed by atoms with Gasteiger partial charge < -0.3 is 0 Å². The average molecular weight is 307 g/mol. The van der Waals surface area contributed by atoms with Gasteiger partial charge in [-0.3, -0.25) is 0 Å². The SMILES string of the molecule is CCc1ccc(C(Cl)c2ccc(C(C)(C)CC)cc2)s1. The maximum absolute atomic E-state index is 6.61. The smallest absolute Gasteiger partial charge is 0.0927 e. The van der Waals surface area contributed by atoms with E-state index in [-0.39, 0.29) is 10.8 Å². The van der Waals surface area contributed by atoms with Crippen LogP contribution in [0.15, 0.2) is 36.4 Å². The Bertz CT molecular complexity index is 551. The van der Waals surface area contributed by atoms with Crippen LogP contribution in [0, 0.1) is 0 Å². The van der Waals surface area contributed by atoms with Gasteiger partial charge in [-0.15, -0.1) is 22.9 Å². The zero-order valence-corrected chi connectivity index (χ0v) is 14.3. The molecule has 0 saturated heterocycles. The van der Waals surface area contributed by atoms with Crippen LogP contribution in [0.25, 0.3) is 0 Å². The molecule has 0 amide bonds. The monoisotopic (exact) mass is 306 g/mol. The Balaban J connectivity index is 2.21. The maximum Gasteiger partial charge on any atom is 0.0927 e. The van der Waals surface area contributed by atoms with Crippen LogP contribution < -0.4 is 0 Å². The molecule has 0 saturated carbocycles. The van der Waals surface area contributed by atoms with Crippen molar-refractivity contribution < 1.29 is 0 Å². The van der Waals surface area contributed by atoms with Crippen molar-refractivity contribution in [3.05, 3.63) is 57.3 Å². The molecule has 0 radical (unpaired) electrons. The summed E-state index contributed by atoms with van der Waals surface area (Å²) >= 11 is 8.43. The number of halogens is 1. The van der Waals surface area contributed by atoms with Crippen LogP contribution in [0.3, 0.4) is 0 Å². The molecule has 1 aromatic heterocycles. The molecule has 0 fully saturated rings. The second kappa shape index (κ2) is 6.32. The summed E-state index contributed by atoms with van der Waals surface area (Å²) in [6.45, 7) is 8.98. The summed E-state index contributed by atoms with van der Waals surface area (Å²) in [7, 11) is 0. The maximum atomic E-state index is 6.61. The highest BCUT2D eigenvalue weighted by atomic mass is 35.5. The third kappa shape index (κ3) is 3.27. The van der Waals surface area contributed by atoms with Gasteiger partial charge in [0.15, 0.2) is 0 Å². The van der Waals surface area contributed by atoms with Crippen molar-refractivity contribution in [1.29, 1.82) is 0 Å². The van der Waals surface area contributed by atoms with E-state index >= 15 is 0 Å². The van der Waals surface area contributed by atoms with E-state index in [1.54, 1.807) is 0 Å². The van der Waals surface area contributed by atoms with Crippen LogP contribution in [0.2, 0.25) is 0 Å². The zero-order chi connectivity index (χ0) is 14.8. The third-order valence-electron chi connectivity index (χ3n) is 4.15. The lowest BCUT2D eigenvalue weighted by molar-refractivity contribution is 0.506. The first-order valence-corrected chi connectivity index (χ1v) is 8.56. The molecule has 108 valence electrons.